The molecule has 3 aromatic rings. The third-order valence-electron chi connectivity index (χ3n) is 4.63. The summed E-state index contributed by atoms with van der Waals surface area (Å²) in [5.74, 6) is -1.80. The number of nitrogens with zero attached hydrogens (tertiary/aromatic N) is 1. The van der Waals surface area contributed by atoms with Crippen molar-refractivity contribution in [1.29, 1.82) is 0 Å². The van der Waals surface area contributed by atoms with E-state index >= 15 is 0 Å². The average molecular weight is 385 g/mol. The number of H-pyrrole nitrogens is 1. The number of hydrogen-bond donors (Lipinski definition) is 2. The van der Waals surface area contributed by atoms with Crippen LogP contribution in [0.4, 0.5) is 19.3 Å². The maximum atomic E-state index is 14.8. The number of carbonyl (C=O) groups excluding carboxylic acids is 2. The lowest BCUT2D eigenvalue weighted by Crippen LogP contribution is -2.33. The van der Waals surface area contributed by atoms with Gasteiger partial charge in [-0.1, -0.05) is 6.07 Å². The highest BCUT2D eigenvalue weighted by Gasteiger charge is 2.33. The van der Waals surface area contributed by atoms with Gasteiger partial charge in [-0.15, -0.1) is 0 Å². The number of halogens is 2. The SMILES string of the molecule is CC(=O)NCC1CN(c2cc(F)c(-c3ccc4[nH]ccc4c3)c(F)c2)C(=O)O1. The zero-order valence-corrected chi connectivity index (χ0v) is 15.0. The first kappa shape index (κ1) is 18.0. The summed E-state index contributed by atoms with van der Waals surface area (Å²) >= 11 is 0. The summed E-state index contributed by atoms with van der Waals surface area (Å²) in [6, 6.07) is 9.12. The minimum absolute atomic E-state index is 0.0665. The van der Waals surface area contributed by atoms with E-state index in [0.29, 0.717) is 5.56 Å². The van der Waals surface area contributed by atoms with Gasteiger partial charge in [0, 0.05) is 18.6 Å². The van der Waals surface area contributed by atoms with Gasteiger partial charge in [0.1, 0.15) is 17.7 Å². The molecule has 1 atom stereocenters. The van der Waals surface area contributed by atoms with Crippen molar-refractivity contribution < 1.29 is 23.1 Å². The van der Waals surface area contributed by atoms with Crippen molar-refractivity contribution in [3.05, 3.63) is 54.2 Å². The third kappa shape index (κ3) is 3.28. The first-order valence-electron chi connectivity index (χ1n) is 8.71. The Morgan fingerprint density at radius 2 is 2.00 bits per heavy atom. The van der Waals surface area contributed by atoms with E-state index in [0.717, 1.165) is 27.9 Å². The highest BCUT2D eigenvalue weighted by Crippen LogP contribution is 2.33. The number of fused-ring (bicyclic) bond motifs is 1. The fourth-order valence-corrected chi connectivity index (χ4v) is 3.30. The second kappa shape index (κ2) is 6.95. The molecule has 1 aromatic heterocycles. The lowest BCUT2D eigenvalue weighted by molar-refractivity contribution is -0.119. The van der Waals surface area contributed by atoms with Crippen molar-refractivity contribution in [1.82, 2.24) is 10.3 Å². The minimum atomic E-state index is -0.775. The topological polar surface area (TPSA) is 74.4 Å². The fourth-order valence-electron chi connectivity index (χ4n) is 3.30. The average Bonchev–Trinajstić information content (AvgIpc) is 3.25. The van der Waals surface area contributed by atoms with Crippen molar-refractivity contribution in [3.8, 4) is 11.1 Å². The van der Waals surface area contributed by atoms with E-state index in [-0.39, 0.29) is 30.2 Å². The Morgan fingerprint density at radius 3 is 2.71 bits per heavy atom. The van der Waals surface area contributed by atoms with Crippen LogP contribution in [0.5, 0.6) is 0 Å². The number of rotatable bonds is 4. The summed E-state index contributed by atoms with van der Waals surface area (Å²) in [5.41, 5.74) is 1.18. The van der Waals surface area contributed by atoms with Crippen molar-refractivity contribution in [2.45, 2.75) is 13.0 Å². The van der Waals surface area contributed by atoms with Crippen LogP contribution in [0.25, 0.3) is 22.0 Å². The van der Waals surface area contributed by atoms with Gasteiger partial charge in [-0.05, 0) is 41.3 Å². The van der Waals surface area contributed by atoms with E-state index in [1.54, 1.807) is 24.4 Å². The molecule has 144 valence electrons. The molecule has 0 saturated carbocycles. The van der Waals surface area contributed by atoms with Crippen LogP contribution in [0, 0.1) is 11.6 Å². The smallest absolute Gasteiger partial charge is 0.414 e. The Hall–Kier alpha value is -3.42. The predicted molar refractivity (Wildman–Crippen MR) is 99.9 cm³/mol. The van der Waals surface area contributed by atoms with Crippen LogP contribution in [-0.4, -0.2) is 36.2 Å². The molecule has 1 aliphatic rings. The Kier molecular flexibility index (Phi) is 4.46. The standard InChI is InChI=1S/C20H17F2N3O3/c1-11(26)24-9-15-10-25(20(27)28-15)14-7-16(21)19(17(22)8-14)13-2-3-18-12(6-13)4-5-23-18/h2-8,15,23H,9-10H2,1H3,(H,24,26). The summed E-state index contributed by atoms with van der Waals surface area (Å²) in [4.78, 5) is 27.2. The molecule has 2 aromatic carbocycles. The van der Waals surface area contributed by atoms with Gasteiger partial charge in [0.05, 0.1) is 24.3 Å². The van der Waals surface area contributed by atoms with Gasteiger partial charge in [-0.3, -0.25) is 9.69 Å². The number of aromatic amines is 1. The number of cyclic esters (lactones) is 1. The Bertz CT molecular complexity index is 1060. The molecule has 0 radical (unpaired) electrons. The van der Waals surface area contributed by atoms with Crippen LogP contribution in [0.2, 0.25) is 0 Å². The van der Waals surface area contributed by atoms with Gasteiger partial charge in [0.25, 0.3) is 0 Å². The van der Waals surface area contributed by atoms with Gasteiger partial charge in [-0.25, -0.2) is 13.6 Å². The highest BCUT2D eigenvalue weighted by molar-refractivity contribution is 5.91. The normalized spacial score (nSPS) is 16.5. The lowest BCUT2D eigenvalue weighted by Gasteiger charge is -2.15. The van der Waals surface area contributed by atoms with Crippen LogP contribution in [-0.2, 0) is 9.53 Å². The van der Waals surface area contributed by atoms with Crippen LogP contribution >= 0.6 is 0 Å². The lowest BCUT2D eigenvalue weighted by atomic mass is 10.0. The molecule has 0 bridgehead atoms. The second-order valence-electron chi connectivity index (χ2n) is 6.62. The number of benzene rings is 2. The molecule has 6 nitrogen and oxygen atoms in total. The molecule has 1 aliphatic heterocycles. The van der Waals surface area contributed by atoms with Gasteiger partial charge in [-0.2, -0.15) is 0 Å². The predicted octanol–water partition coefficient (Wildman–Crippen LogP) is 3.57. The monoisotopic (exact) mass is 385 g/mol. The molecule has 2 amide bonds. The molecular weight excluding hydrogens is 368 g/mol. The van der Waals surface area contributed by atoms with E-state index in [1.807, 2.05) is 6.07 Å². The molecule has 0 spiro atoms. The Morgan fingerprint density at radius 1 is 1.25 bits per heavy atom. The Labute approximate surface area is 159 Å². The van der Waals surface area contributed by atoms with Gasteiger partial charge >= 0.3 is 6.09 Å². The molecule has 0 aliphatic carbocycles. The molecule has 1 fully saturated rings. The minimum Gasteiger partial charge on any atom is -0.442 e. The number of hydrogen-bond acceptors (Lipinski definition) is 3. The van der Waals surface area contributed by atoms with Crippen molar-refractivity contribution in [3.63, 3.8) is 0 Å². The molecule has 1 saturated heterocycles. The molecular formula is C20H17F2N3O3. The van der Waals surface area contributed by atoms with Gasteiger partial charge < -0.3 is 15.0 Å². The number of ether oxygens (including phenoxy) is 1. The van der Waals surface area contributed by atoms with Crippen LogP contribution < -0.4 is 10.2 Å². The van der Waals surface area contributed by atoms with Crippen molar-refractivity contribution in [2.24, 2.45) is 0 Å². The van der Waals surface area contributed by atoms with E-state index in [1.165, 1.54) is 6.92 Å². The molecule has 28 heavy (non-hydrogen) atoms. The highest BCUT2D eigenvalue weighted by atomic mass is 19.1. The zero-order chi connectivity index (χ0) is 19.8. The second-order valence-corrected chi connectivity index (χ2v) is 6.62. The summed E-state index contributed by atoms with van der Waals surface area (Å²) < 4.78 is 34.7. The summed E-state index contributed by atoms with van der Waals surface area (Å²) in [6.07, 6.45) is 0.453. The molecule has 2 heterocycles. The van der Waals surface area contributed by atoms with E-state index < -0.39 is 23.8 Å². The molecule has 2 N–H and O–H groups in total. The first-order valence-corrected chi connectivity index (χ1v) is 8.71. The Balaban J connectivity index is 1.62. The van der Waals surface area contributed by atoms with Crippen molar-refractivity contribution in [2.75, 3.05) is 18.0 Å². The summed E-state index contributed by atoms with van der Waals surface area (Å²) in [7, 11) is 0. The molecule has 8 heteroatoms. The number of amides is 2. The largest absolute Gasteiger partial charge is 0.442 e. The quantitative estimate of drug-likeness (QED) is 0.721. The van der Waals surface area contributed by atoms with Crippen LogP contribution in [0.1, 0.15) is 6.92 Å². The number of nitrogens with one attached hydrogen (secondary N) is 2. The van der Waals surface area contributed by atoms with E-state index in [2.05, 4.69) is 10.3 Å². The number of carbonyl (C=O) groups is 2. The molecule has 1 unspecified atom stereocenters. The molecule has 4 rings (SSSR count). The number of anilines is 1. The maximum Gasteiger partial charge on any atom is 0.414 e. The zero-order valence-electron chi connectivity index (χ0n) is 15.0. The summed E-state index contributed by atoms with van der Waals surface area (Å²) in [5, 5.41) is 3.39. The maximum absolute atomic E-state index is 14.8. The van der Waals surface area contributed by atoms with Gasteiger partial charge in [0.2, 0.25) is 5.91 Å². The number of aromatic nitrogens is 1. The van der Waals surface area contributed by atoms with Crippen LogP contribution in [0.15, 0.2) is 42.6 Å². The fraction of sp³-hybridized carbons (Fsp3) is 0.200. The van der Waals surface area contributed by atoms with Crippen molar-refractivity contribution >= 4 is 28.6 Å². The van der Waals surface area contributed by atoms with Gasteiger partial charge in [0.15, 0.2) is 0 Å². The van der Waals surface area contributed by atoms with E-state index in [4.69, 9.17) is 4.74 Å². The first-order chi connectivity index (χ1) is 13.4. The summed E-state index contributed by atoms with van der Waals surface area (Å²) in [6.45, 7) is 1.58. The van der Waals surface area contributed by atoms with E-state index in [9.17, 15) is 18.4 Å². The van der Waals surface area contributed by atoms with Crippen LogP contribution in [0.3, 0.4) is 0 Å². The third-order valence-corrected chi connectivity index (χ3v) is 4.63.